The molecule has 1 heterocycles. The first kappa shape index (κ1) is 19.5. The standard InChI is InChI=1S/C22H13Cl2NO3S/c23-14-8-5-12(6-9-14)16-11-13(22(27)28)7-10-17(16)25-21(26)20-19(24)15-3-1-2-4-18(15)29-20/h1-11H,(H,25,26)(H,27,28). The lowest BCUT2D eigenvalue weighted by Gasteiger charge is -2.12. The summed E-state index contributed by atoms with van der Waals surface area (Å²) in [6.45, 7) is 0. The molecule has 0 fully saturated rings. The summed E-state index contributed by atoms with van der Waals surface area (Å²) in [6.07, 6.45) is 0. The second kappa shape index (κ2) is 7.87. The van der Waals surface area contributed by atoms with Gasteiger partial charge < -0.3 is 10.4 Å². The number of rotatable bonds is 4. The molecule has 1 amide bonds. The van der Waals surface area contributed by atoms with Crippen LogP contribution in [0.2, 0.25) is 10.0 Å². The minimum absolute atomic E-state index is 0.118. The van der Waals surface area contributed by atoms with E-state index in [0.29, 0.717) is 26.2 Å². The number of amides is 1. The van der Waals surface area contributed by atoms with Gasteiger partial charge in [-0.1, -0.05) is 53.5 Å². The van der Waals surface area contributed by atoms with Crippen LogP contribution in [-0.4, -0.2) is 17.0 Å². The zero-order valence-corrected chi connectivity index (χ0v) is 17.1. The third-order valence-corrected chi connectivity index (χ3v) is 6.34. The number of nitrogens with one attached hydrogen (secondary N) is 1. The monoisotopic (exact) mass is 441 g/mol. The van der Waals surface area contributed by atoms with Crippen molar-refractivity contribution >= 4 is 62.2 Å². The molecule has 29 heavy (non-hydrogen) atoms. The van der Waals surface area contributed by atoms with Crippen LogP contribution in [0.3, 0.4) is 0 Å². The molecule has 1 aromatic heterocycles. The number of anilines is 1. The molecule has 0 unspecified atom stereocenters. The number of carboxylic acid groups (broad SMARTS) is 1. The summed E-state index contributed by atoms with van der Waals surface area (Å²) < 4.78 is 0.918. The molecular weight excluding hydrogens is 429 g/mol. The summed E-state index contributed by atoms with van der Waals surface area (Å²) in [6, 6.07) is 19.0. The van der Waals surface area contributed by atoms with Gasteiger partial charge in [-0.3, -0.25) is 4.79 Å². The summed E-state index contributed by atoms with van der Waals surface area (Å²) in [5.74, 6) is -1.40. The predicted molar refractivity (Wildman–Crippen MR) is 119 cm³/mol. The maximum Gasteiger partial charge on any atom is 0.335 e. The van der Waals surface area contributed by atoms with Gasteiger partial charge in [0.2, 0.25) is 0 Å². The van der Waals surface area contributed by atoms with E-state index in [1.165, 1.54) is 23.5 Å². The first-order chi connectivity index (χ1) is 13.9. The van der Waals surface area contributed by atoms with Gasteiger partial charge in [0, 0.05) is 26.4 Å². The van der Waals surface area contributed by atoms with Gasteiger partial charge in [0.1, 0.15) is 4.88 Å². The molecule has 7 heteroatoms. The van der Waals surface area contributed by atoms with Gasteiger partial charge in [0.15, 0.2) is 0 Å². The maximum atomic E-state index is 12.9. The van der Waals surface area contributed by atoms with Crippen LogP contribution < -0.4 is 5.32 Å². The van der Waals surface area contributed by atoms with Crippen LogP contribution in [0.15, 0.2) is 66.7 Å². The Morgan fingerprint density at radius 3 is 2.34 bits per heavy atom. The van der Waals surface area contributed by atoms with Gasteiger partial charge in [-0.05, 0) is 42.0 Å². The van der Waals surface area contributed by atoms with Crippen molar-refractivity contribution in [1.82, 2.24) is 0 Å². The zero-order chi connectivity index (χ0) is 20.5. The van der Waals surface area contributed by atoms with Gasteiger partial charge in [-0.15, -0.1) is 11.3 Å². The molecule has 0 spiro atoms. The third kappa shape index (κ3) is 3.85. The first-order valence-corrected chi connectivity index (χ1v) is 10.1. The van der Waals surface area contributed by atoms with E-state index in [1.54, 1.807) is 30.3 Å². The molecular formula is C22H13Cl2NO3S. The number of aromatic carboxylic acids is 1. The minimum atomic E-state index is -1.05. The number of carbonyl (C=O) groups excluding carboxylic acids is 1. The van der Waals surface area contributed by atoms with Crippen molar-refractivity contribution in [3.63, 3.8) is 0 Å². The van der Waals surface area contributed by atoms with E-state index in [0.717, 1.165) is 15.6 Å². The molecule has 2 N–H and O–H groups in total. The van der Waals surface area contributed by atoms with E-state index < -0.39 is 5.97 Å². The normalized spacial score (nSPS) is 10.8. The van der Waals surface area contributed by atoms with Crippen LogP contribution in [0.4, 0.5) is 5.69 Å². The molecule has 0 aliphatic rings. The fourth-order valence-electron chi connectivity index (χ4n) is 2.99. The number of carboxylic acids is 1. The molecule has 3 aromatic carbocycles. The number of benzene rings is 3. The van der Waals surface area contributed by atoms with Crippen molar-refractivity contribution in [3.8, 4) is 11.1 Å². The Bertz CT molecular complexity index is 1250. The second-order valence-corrected chi connectivity index (χ2v) is 8.13. The SMILES string of the molecule is O=C(O)c1ccc(NC(=O)c2sc3ccccc3c2Cl)c(-c2ccc(Cl)cc2)c1. The number of hydrogen-bond acceptors (Lipinski definition) is 3. The van der Waals surface area contributed by atoms with Crippen molar-refractivity contribution < 1.29 is 14.7 Å². The molecule has 0 saturated carbocycles. The molecule has 0 radical (unpaired) electrons. The Morgan fingerprint density at radius 1 is 0.931 bits per heavy atom. The molecule has 0 aliphatic heterocycles. The summed E-state index contributed by atoms with van der Waals surface area (Å²) >= 11 is 13.7. The lowest BCUT2D eigenvalue weighted by molar-refractivity contribution is 0.0697. The van der Waals surface area contributed by atoms with Crippen molar-refractivity contribution in [2.24, 2.45) is 0 Å². The highest BCUT2D eigenvalue weighted by atomic mass is 35.5. The number of carbonyl (C=O) groups is 2. The van der Waals surface area contributed by atoms with E-state index in [2.05, 4.69) is 5.32 Å². The van der Waals surface area contributed by atoms with Crippen LogP contribution >= 0.6 is 34.5 Å². The first-order valence-electron chi connectivity index (χ1n) is 8.55. The molecule has 0 aliphatic carbocycles. The van der Waals surface area contributed by atoms with Crippen molar-refractivity contribution in [3.05, 3.63) is 87.2 Å². The lowest BCUT2D eigenvalue weighted by Crippen LogP contribution is -2.12. The van der Waals surface area contributed by atoms with E-state index in [4.69, 9.17) is 23.2 Å². The smallest absolute Gasteiger partial charge is 0.335 e. The fourth-order valence-corrected chi connectivity index (χ4v) is 4.53. The van der Waals surface area contributed by atoms with Crippen LogP contribution in [-0.2, 0) is 0 Å². The largest absolute Gasteiger partial charge is 0.478 e. The summed E-state index contributed by atoms with van der Waals surface area (Å²) in [5, 5.41) is 14.0. The minimum Gasteiger partial charge on any atom is -0.478 e. The second-order valence-electron chi connectivity index (χ2n) is 6.27. The zero-order valence-electron chi connectivity index (χ0n) is 14.8. The van der Waals surface area contributed by atoms with Crippen LogP contribution in [0, 0.1) is 0 Å². The van der Waals surface area contributed by atoms with E-state index in [-0.39, 0.29) is 11.5 Å². The van der Waals surface area contributed by atoms with Gasteiger partial charge in [-0.2, -0.15) is 0 Å². The summed E-state index contributed by atoms with van der Waals surface area (Å²) in [5.41, 5.74) is 1.91. The molecule has 4 aromatic rings. The molecule has 0 saturated heterocycles. The molecule has 0 atom stereocenters. The van der Waals surface area contributed by atoms with Crippen LogP contribution in [0.1, 0.15) is 20.0 Å². The third-order valence-electron chi connectivity index (χ3n) is 4.41. The van der Waals surface area contributed by atoms with Gasteiger partial charge in [0.25, 0.3) is 5.91 Å². The van der Waals surface area contributed by atoms with E-state index in [9.17, 15) is 14.7 Å². The Kier molecular flexibility index (Phi) is 5.28. The fraction of sp³-hybridized carbons (Fsp3) is 0. The number of hydrogen-bond donors (Lipinski definition) is 2. The molecule has 4 rings (SSSR count). The summed E-state index contributed by atoms with van der Waals surface area (Å²) in [7, 11) is 0. The Hall–Kier alpha value is -2.86. The lowest BCUT2D eigenvalue weighted by atomic mass is 10.0. The highest BCUT2D eigenvalue weighted by Gasteiger charge is 2.19. The maximum absolute atomic E-state index is 12.9. The Balaban J connectivity index is 1.75. The molecule has 0 bridgehead atoms. The number of fused-ring (bicyclic) bond motifs is 1. The quantitative estimate of drug-likeness (QED) is 0.364. The van der Waals surface area contributed by atoms with Crippen molar-refractivity contribution in [1.29, 1.82) is 0 Å². The van der Waals surface area contributed by atoms with Crippen LogP contribution in [0.25, 0.3) is 21.2 Å². The highest BCUT2D eigenvalue weighted by Crippen LogP contribution is 2.36. The van der Waals surface area contributed by atoms with E-state index >= 15 is 0 Å². The number of thiophene rings is 1. The van der Waals surface area contributed by atoms with Gasteiger partial charge in [0.05, 0.1) is 10.6 Å². The van der Waals surface area contributed by atoms with Crippen molar-refractivity contribution in [2.45, 2.75) is 0 Å². The molecule has 4 nitrogen and oxygen atoms in total. The van der Waals surface area contributed by atoms with Crippen molar-refractivity contribution in [2.75, 3.05) is 5.32 Å². The topological polar surface area (TPSA) is 66.4 Å². The van der Waals surface area contributed by atoms with Gasteiger partial charge >= 0.3 is 5.97 Å². The highest BCUT2D eigenvalue weighted by molar-refractivity contribution is 7.21. The van der Waals surface area contributed by atoms with Crippen LogP contribution in [0.5, 0.6) is 0 Å². The average Bonchev–Trinajstić information content (AvgIpc) is 3.06. The predicted octanol–water partition coefficient (Wildman–Crippen LogP) is 6.83. The number of halogens is 2. The van der Waals surface area contributed by atoms with E-state index in [1.807, 2.05) is 24.3 Å². The summed E-state index contributed by atoms with van der Waals surface area (Å²) in [4.78, 5) is 24.8. The Morgan fingerprint density at radius 2 is 1.66 bits per heavy atom. The average molecular weight is 442 g/mol. The van der Waals surface area contributed by atoms with Gasteiger partial charge in [-0.25, -0.2) is 4.79 Å². The molecule has 144 valence electrons. The Labute approximate surface area is 180 Å².